The Morgan fingerprint density at radius 3 is 2.57 bits per heavy atom. The van der Waals surface area contributed by atoms with E-state index in [2.05, 4.69) is 20.5 Å². The molecule has 2 heterocycles. The van der Waals surface area contributed by atoms with E-state index in [1.165, 1.54) is 13.0 Å². The Bertz CT molecular complexity index is 910. The molecule has 23 heavy (non-hydrogen) atoms. The predicted molar refractivity (Wildman–Crippen MR) is 87.8 cm³/mol. The minimum Gasteiger partial charge on any atom is -0.324 e. The molecule has 0 aliphatic carbocycles. The van der Waals surface area contributed by atoms with Gasteiger partial charge in [0.15, 0.2) is 0 Å². The van der Waals surface area contributed by atoms with Crippen LogP contribution in [0, 0.1) is 26.6 Å². The van der Waals surface area contributed by atoms with Crippen LogP contribution in [0.5, 0.6) is 0 Å². The second-order valence-corrected chi connectivity index (χ2v) is 5.66. The molecule has 1 aromatic carbocycles. The van der Waals surface area contributed by atoms with Crippen molar-refractivity contribution < 1.29 is 9.18 Å². The number of H-pyrrole nitrogens is 1. The van der Waals surface area contributed by atoms with Crippen LogP contribution in [-0.4, -0.2) is 21.1 Å². The topological polar surface area (TPSA) is 70.7 Å². The lowest BCUT2D eigenvalue weighted by Gasteiger charge is -2.10. The number of halogens is 1. The van der Waals surface area contributed by atoms with Crippen molar-refractivity contribution in [3.63, 3.8) is 0 Å². The molecule has 0 radical (unpaired) electrons. The molecule has 0 unspecified atom stereocenters. The lowest BCUT2D eigenvalue weighted by molar-refractivity contribution is -0.114. The number of fused-ring (bicyclic) bond motifs is 1. The number of benzene rings is 1. The number of aryl methyl sites for hydroxylation is 3. The Labute approximate surface area is 132 Å². The third-order valence-electron chi connectivity index (χ3n) is 3.80. The minimum absolute atomic E-state index is 0.134. The van der Waals surface area contributed by atoms with E-state index in [0.29, 0.717) is 5.52 Å². The molecule has 0 aliphatic heterocycles. The lowest BCUT2D eigenvalue weighted by atomic mass is 10.0. The molecular weight excluding hydrogens is 295 g/mol. The summed E-state index contributed by atoms with van der Waals surface area (Å²) in [5.41, 5.74) is 5.19. The van der Waals surface area contributed by atoms with Gasteiger partial charge in [-0.2, -0.15) is 5.10 Å². The number of amides is 1. The van der Waals surface area contributed by atoms with E-state index in [9.17, 15) is 9.18 Å². The number of nitrogens with zero attached hydrogens (tertiary/aromatic N) is 2. The number of rotatable bonds is 2. The number of nitrogens with one attached hydrogen (secondary N) is 2. The molecule has 3 aromatic rings. The number of hydrogen-bond donors (Lipinski definition) is 2. The van der Waals surface area contributed by atoms with E-state index < -0.39 is 5.82 Å². The van der Waals surface area contributed by atoms with E-state index in [-0.39, 0.29) is 11.6 Å². The quantitative estimate of drug-likeness (QED) is 0.759. The van der Waals surface area contributed by atoms with Gasteiger partial charge < -0.3 is 5.32 Å². The minimum atomic E-state index is -0.471. The van der Waals surface area contributed by atoms with Crippen LogP contribution < -0.4 is 5.32 Å². The number of aromatic amines is 1. The van der Waals surface area contributed by atoms with Crippen LogP contribution in [0.4, 0.5) is 10.1 Å². The largest absolute Gasteiger partial charge is 0.324 e. The van der Waals surface area contributed by atoms with Crippen molar-refractivity contribution in [2.75, 3.05) is 5.32 Å². The van der Waals surface area contributed by atoms with Crippen molar-refractivity contribution >= 4 is 22.5 Å². The van der Waals surface area contributed by atoms with E-state index in [0.717, 1.165) is 33.6 Å². The summed E-state index contributed by atoms with van der Waals surface area (Å²) >= 11 is 0. The number of hydrogen-bond acceptors (Lipinski definition) is 3. The molecule has 6 heteroatoms. The van der Waals surface area contributed by atoms with Gasteiger partial charge in [-0.3, -0.25) is 9.89 Å². The van der Waals surface area contributed by atoms with Gasteiger partial charge in [-0.1, -0.05) is 0 Å². The molecule has 0 bridgehead atoms. The maximum absolute atomic E-state index is 14.1. The van der Waals surface area contributed by atoms with Crippen molar-refractivity contribution in [1.29, 1.82) is 0 Å². The van der Waals surface area contributed by atoms with Gasteiger partial charge in [-0.05, 0) is 44.5 Å². The zero-order chi connectivity index (χ0) is 16.7. The summed E-state index contributed by atoms with van der Waals surface area (Å²) in [4.78, 5) is 15.8. The molecular formula is C17H17FN4O. The van der Waals surface area contributed by atoms with Gasteiger partial charge in [0.05, 0.1) is 22.6 Å². The molecule has 0 saturated carbocycles. The Balaban J connectivity index is 2.24. The first-order valence-corrected chi connectivity index (χ1v) is 7.27. The fraction of sp³-hybridized carbons (Fsp3) is 0.235. The molecule has 0 aliphatic rings. The van der Waals surface area contributed by atoms with Crippen LogP contribution in [0.3, 0.4) is 0 Å². The Kier molecular flexibility index (Phi) is 3.60. The van der Waals surface area contributed by atoms with Gasteiger partial charge in [-0.15, -0.1) is 0 Å². The molecule has 2 aromatic heterocycles. The third kappa shape index (κ3) is 2.67. The standard InChI is InChI=1S/C17H17FN4O/c1-8-5-16(17-9(2)21-22-10(17)3)20-14-7-15(19-11(4)23)13(18)6-12(8)14/h5-7H,1-4H3,(H,19,23)(H,21,22). The number of carbonyl (C=O) groups excluding carboxylic acids is 1. The van der Waals surface area contributed by atoms with Crippen LogP contribution in [0.2, 0.25) is 0 Å². The zero-order valence-electron chi connectivity index (χ0n) is 13.4. The van der Waals surface area contributed by atoms with Gasteiger partial charge in [-0.25, -0.2) is 9.37 Å². The highest BCUT2D eigenvalue weighted by Crippen LogP contribution is 2.30. The molecule has 5 nitrogen and oxygen atoms in total. The second-order valence-electron chi connectivity index (χ2n) is 5.66. The van der Waals surface area contributed by atoms with Gasteiger partial charge >= 0.3 is 0 Å². The number of pyridine rings is 1. The first-order chi connectivity index (χ1) is 10.9. The summed E-state index contributed by atoms with van der Waals surface area (Å²) in [7, 11) is 0. The molecule has 0 atom stereocenters. The maximum atomic E-state index is 14.1. The van der Waals surface area contributed by atoms with Crippen molar-refractivity contribution in [3.05, 3.63) is 41.0 Å². The van der Waals surface area contributed by atoms with Crippen LogP contribution in [-0.2, 0) is 4.79 Å². The smallest absolute Gasteiger partial charge is 0.221 e. The number of aromatic nitrogens is 3. The van der Waals surface area contributed by atoms with Crippen molar-refractivity contribution in [2.24, 2.45) is 0 Å². The van der Waals surface area contributed by atoms with Crippen LogP contribution in [0.25, 0.3) is 22.2 Å². The molecule has 0 saturated heterocycles. The van der Waals surface area contributed by atoms with E-state index in [1.54, 1.807) is 6.07 Å². The molecule has 0 spiro atoms. The number of carbonyl (C=O) groups is 1. The Morgan fingerprint density at radius 1 is 1.22 bits per heavy atom. The fourth-order valence-corrected chi connectivity index (χ4v) is 2.76. The average molecular weight is 312 g/mol. The van der Waals surface area contributed by atoms with Crippen LogP contribution in [0.15, 0.2) is 18.2 Å². The normalized spacial score (nSPS) is 11.0. The maximum Gasteiger partial charge on any atom is 0.221 e. The molecule has 3 rings (SSSR count). The predicted octanol–water partition coefficient (Wildman–Crippen LogP) is 3.65. The highest BCUT2D eigenvalue weighted by Gasteiger charge is 2.14. The molecule has 2 N–H and O–H groups in total. The van der Waals surface area contributed by atoms with Crippen molar-refractivity contribution in [2.45, 2.75) is 27.7 Å². The van der Waals surface area contributed by atoms with Gasteiger partial charge in [0.25, 0.3) is 0 Å². The summed E-state index contributed by atoms with van der Waals surface area (Å²) in [6.07, 6.45) is 0. The average Bonchev–Trinajstić information content (AvgIpc) is 2.79. The van der Waals surface area contributed by atoms with Crippen LogP contribution in [0.1, 0.15) is 23.9 Å². The highest BCUT2D eigenvalue weighted by molar-refractivity contribution is 5.94. The zero-order valence-corrected chi connectivity index (χ0v) is 13.4. The van der Waals surface area contributed by atoms with Gasteiger partial charge in [0.2, 0.25) is 5.91 Å². The molecule has 118 valence electrons. The molecule has 0 fully saturated rings. The Morgan fingerprint density at radius 2 is 1.96 bits per heavy atom. The summed E-state index contributed by atoms with van der Waals surface area (Å²) in [6, 6.07) is 4.89. The van der Waals surface area contributed by atoms with Crippen LogP contribution >= 0.6 is 0 Å². The first-order valence-electron chi connectivity index (χ1n) is 7.27. The van der Waals surface area contributed by atoms with Gasteiger partial charge in [0.1, 0.15) is 5.82 Å². The summed E-state index contributed by atoms with van der Waals surface area (Å²) < 4.78 is 14.1. The molecule has 1 amide bonds. The van der Waals surface area contributed by atoms with E-state index in [1.807, 2.05) is 26.8 Å². The van der Waals surface area contributed by atoms with Crippen molar-refractivity contribution in [3.8, 4) is 11.3 Å². The van der Waals surface area contributed by atoms with Gasteiger partial charge in [0, 0.05) is 23.6 Å². The summed E-state index contributed by atoms with van der Waals surface area (Å²) in [5.74, 6) is -0.793. The second kappa shape index (κ2) is 5.46. The monoisotopic (exact) mass is 312 g/mol. The SMILES string of the molecule is CC(=O)Nc1cc2nc(-c3c(C)n[nH]c3C)cc(C)c2cc1F. The highest BCUT2D eigenvalue weighted by atomic mass is 19.1. The summed E-state index contributed by atoms with van der Waals surface area (Å²) in [6.45, 7) is 7.10. The van der Waals surface area contributed by atoms with E-state index >= 15 is 0 Å². The van der Waals surface area contributed by atoms with Crippen molar-refractivity contribution in [1.82, 2.24) is 15.2 Å². The summed E-state index contributed by atoms with van der Waals surface area (Å²) in [5, 5.41) is 10.3. The third-order valence-corrected chi connectivity index (χ3v) is 3.80. The Hall–Kier alpha value is -2.76. The fourth-order valence-electron chi connectivity index (χ4n) is 2.76. The van der Waals surface area contributed by atoms with E-state index in [4.69, 9.17) is 0 Å². The first kappa shape index (κ1) is 15.1. The lowest BCUT2D eigenvalue weighted by Crippen LogP contribution is -2.07. The number of anilines is 1.